The zero-order chi connectivity index (χ0) is 16.6. The number of nitrogens with zero attached hydrogens (tertiary/aromatic N) is 1. The van der Waals surface area contributed by atoms with E-state index in [0.717, 1.165) is 31.2 Å². The predicted octanol–water partition coefficient (Wildman–Crippen LogP) is 3.74. The van der Waals surface area contributed by atoms with Gasteiger partial charge in [-0.15, -0.1) is 0 Å². The zero-order valence-corrected chi connectivity index (χ0v) is 14.5. The van der Waals surface area contributed by atoms with Crippen LogP contribution in [0.4, 0.5) is 0 Å². The van der Waals surface area contributed by atoms with E-state index in [1.54, 1.807) is 6.07 Å². The number of phenolic OH excluding ortho intramolecular Hbond substituents is 1. The molecule has 3 atom stereocenters. The number of carbonyl (C=O) groups excluding carboxylic acids is 1. The first-order chi connectivity index (χ1) is 11.0. The summed E-state index contributed by atoms with van der Waals surface area (Å²) in [5.41, 5.74) is 0.529. The Morgan fingerprint density at radius 2 is 2.22 bits per heavy atom. The van der Waals surface area contributed by atoms with Gasteiger partial charge in [-0.2, -0.15) is 0 Å². The number of aromatic hydroxyl groups is 1. The lowest BCUT2D eigenvalue weighted by Gasteiger charge is -2.34. The Morgan fingerprint density at radius 3 is 2.91 bits per heavy atom. The van der Waals surface area contributed by atoms with Gasteiger partial charge in [0.25, 0.3) is 0 Å². The Morgan fingerprint density at radius 1 is 1.43 bits per heavy atom. The molecule has 0 saturated carbocycles. The fourth-order valence-corrected chi connectivity index (χ4v) is 4.63. The van der Waals surface area contributed by atoms with Gasteiger partial charge in [0, 0.05) is 18.6 Å². The molecule has 23 heavy (non-hydrogen) atoms. The van der Waals surface area contributed by atoms with Crippen LogP contribution in [-0.4, -0.2) is 34.7 Å². The van der Waals surface area contributed by atoms with Crippen molar-refractivity contribution < 1.29 is 14.6 Å². The molecule has 0 radical (unpaired) electrons. The average Bonchev–Trinajstić information content (AvgIpc) is 3.07. The molecule has 0 aromatic heterocycles. The van der Waals surface area contributed by atoms with E-state index in [0.29, 0.717) is 24.2 Å². The highest BCUT2D eigenvalue weighted by Crippen LogP contribution is 2.53. The van der Waals surface area contributed by atoms with Gasteiger partial charge >= 0.3 is 5.97 Å². The third kappa shape index (κ3) is 2.62. The maximum absolute atomic E-state index is 12.6. The number of hydrogen-bond donors (Lipinski definition) is 1. The quantitative estimate of drug-likeness (QED) is 0.831. The minimum atomic E-state index is -0.387. The number of ether oxygens (including phenoxy) is 1. The monoisotopic (exact) mass is 337 g/mol. The predicted molar refractivity (Wildman–Crippen MR) is 89.4 cm³/mol. The van der Waals surface area contributed by atoms with E-state index in [1.807, 2.05) is 19.1 Å². The Hall–Kier alpha value is -1.26. The van der Waals surface area contributed by atoms with E-state index in [4.69, 9.17) is 16.3 Å². The zero-order valence-electron chi connectivity index (χ0n) is 13.7. The van der Waals surface area contributed by atoms with Gasteiger partial charge in [-0.1, -0.05) is 30.7 Å². The molecule has 0 amide bonds. The second kappa shape index (κ2) is 6.33. The lowest BCUT2D eigenvalue weighted by Crippen LogP contribution is -2.44. The molecular formula is C18H24ClNO3. The SMILES string of the molecule is CCOC(=O)[C@]1(CC)C[C@@H]2CC[C@H]1N2Cc1cccc(O)c1Cl. The van der Waals surface area contributed by atoms with Crippen molar-refractivity contribution in [1.82, 2.24) is 4.90 Å². The molecule has 2 fully saturated rings. The molecular weight excluding hydrogens is 314 g/mol. The van der Waals surface area contributed by atoms with Crippen molar-refractivity contribution in [3.8, 4) is 5.75 Å². The van der Waals surface area contributed by atoms with E-state index >= 15 is 0 Å². The Bertz CT molecular complexity index is 606. The second-order valence-electron chi connectivity index (χ2n) is 6.60. The maximum atomic E-state index is 12.6. The fraction of sp³-hybridized carbons (Fsp3) is 0.611. The number of phenols is 1. The number of esters is 1. The normalized spacial score (nSPS) is 29.9. The van der Waals surface area contributed by atoms with Gasteiger partial charge in [-0.25, -0.2) is 0 Å². The highest BCUT2D eigenvalue weighted by atomic mass is 35.5. The Balaban J connectivity index is 1.85. The number of halogens is 1. The molecule has 0 unspecified atom stereocenters. The van der Waals surface area contributed by atoms with Crippen LogP contribution in [0.1, 0.15) is 45.1 Å². The number of benzene rings is 1. The van der Waals surface area contributed by atoms with Crippen molar-refractivity contribution in [3.05, 3.63) is 28.8 Å². The maximum Gasteiger partial charge on any atom is 0.313 e. The summed E-state index contributed by atoms with van der Waals surface area (Å²) in [5, 5.41) is 10.2. The molecule has 2 heterocycles. The summed E-state index contributed by atoms with van der Waals surface area (Å²) in [6.45, 7) is 5.04. The summed E-state index contributed by atoms with van der Waals surface area (Å²) >= 11 is 6.24. The van der Waals surface area contributed by atoms with Crippen molar-refractivity contribution in [2.75, 3.05) is 6.61 Å². The summed E-state index contributed by atoms with van der Waals surface area (Å²) in [6.07, 6.45) is 3.80. The molecule has 126 valence electrons. The van der Waals surface area contributed by atoms with Gasteiger partial charge in [0.05, 0.1) is 17.0 Å². The molecule has 0 aliphatic carbocycles. The molecule has 2 saturated heterocycles. The van der Waals surface area contributed by atoms with Crippen molar-refractivity contribution in [1.29, 1.82) is 0 Å². The van der Waals surface area contributed by atoms with E-state index in [9.17, 15) is 9.90 Å². The molecule has 2 bridgehead atoms. The summed E-state index contributed by atoms with van der Waals surface area (Å²) in [5.74, 6) is 0.0598. The van der Waals surface area contributed by atoms with Crippen LogP contribution in [0.5, 0.6) is 5.75 Å². The Kier molecular flexibility index (Phi) is 4.56. The van der Waals surface area contributed by atoms with E-state index in [-0.39, 0.29) is 23.2 Å². The van der Waals surface area contributed by atoms with Crippen molar-refractivity contribution in [3.63, 3.8) is 0 Å². The van der Waals surface area contributed by atoms with Crippen LogP contribution in [0, 0.1) is 5.41 Å². The largest absolute Gasteiger partial charge is 0.506 e. The molecule has 2 aliphatic heterocycles. The number of fused-ring (bicyclic) bond motifs is 2. The first-order valence-corrected chi connectivity index (χ1v) is 8.80. The van der Waals surface area contributed by atoms with Gasteiger partial charge < -0.3 is 9.84 Å². The minimum Gasteiger partial charge on any atom is -0.506 e. The second-order valence-corrected chi connectivity index (χ2v) is 6.98. The number of hydrogen-bond acceptors (Lipinski definition) is 4. The first kappa shape index (κ1) is 16.6. The van der Waals surface area contributed by atoms with Crippen molar-refractivity contribution >= 4 is 17.6 Å². The minimum absolute atomic E-state index is 0.0540. The van der Waals surface area contributed by atoms with E-state index in [1.165, 1.54) is 0 Å². The van der Waals surface area contributed by atoms with Gasteiger partial charge in [-0.3, -0.25) is 9.69 Å². The third-order valence-corrected chi connectivity index (χ3v) is 6.04. The molecule has 1 aromatic carbocycles. The molecule has 5 heteroatoms. The van der Waals surface area contributed by atoms with Gasteiger partial charge in [0.15, 0.2) is 0 Å². The molecule has 2 aliphatic rings. The number of rotatable bonds is 5. The van der Waals surface area contributed by atoms with Crippen LogP contribution in [0.15, 0.2) is 18.2 Å². The van der Waals surface area contributed by atoms with Crippen molar-refractivity contribution in [2.45, 2.75) is 58.2 Å². The standard InChI is InChI=1S/C18H24ClNO3/c1-3-18(17(22)23-4-2)10-13-8-9-15(18)20(13)11-12-6-5-7-14(21)16(12)19/h5-7,13,15,21H,3-4,8-11H2,1-2H3/t13-,15+,18+/m0/s1. The summed E-state index contributed by atoms with van der Waals surface area (Å²) < 4.78 is 5.38. The summed E-state index contributed by atoms with van der Waals surface area (Å²) in [4.78, 5) is 15.0. The molecule has 4 nitrogen and oxygen atoms in total. The molecule has 1 N–H and O–H groups in total. The number of carbonyl (C=O) groups is 1. The highest BCUT2D eigenvalue weighted by Gasteiger charge is 2.59. The lowest BCUT2D eigenvalue weighted by molar-refractivity contribution is -0.157. The summed E-state index contributed by atoms with van der Waals surface area (Å²) in [7, 11) is 0. The fourth-order valence-electron chi connectivity index (χ4n) is 4.45. The van der Waals surface area contributed by atoms with Gasteiger partial charge in [0.1, 0.15) is 5.75 Å². The van der Waals surface area contributed by atoms with Crippen LogP contribution >= 0.6 is 11.6 Å². The topological polar surface area (TPSA) is 49.8 Å². The van der Waals surface area contributed by atoms with Crippen LogP contribution in [0.25, 0.3) is 0 Å². The Labute approximate surface area is 142 Å². The van der Waals surface area contributed by atoms with Gasteiger partial charge in [0.2, 0.25) is 0 Å². The third-order valence-electron chi connectivity index (χ3n) is 5.60. The lowest BCUT2D eigenvalue weighted by atomic mass is 9.72. The molecule has 1 aromatic rings. The highest BCUT2D eigenvalue weighted by molar-refractivity contribution is 6.32. The molecule has 0 spiro atoms. The summed E-state index contributed by atoms with van der Waals surface area (Å²) in [6, 6.07) is 5.95. The van der Waals surface area contributed by atoms with Crippen molar-refractivity contribution in [2.24, 2.45) is 5.41 Å². The smallest absolute Gasteiger partial charge is 0.313 e. The van der Waals surface area contributed by atoms with E-state index < -0.39 is 0 Å². The van der Waals surface area contributed by atoms with Crippen LogP contribution in [0.2, 0.25) is 5.02 Å². The van der Waals surface area contributed by atoms with Crippen LogP contribution < -0.4 is 0 Å². The average molecular weight is 338 g/mol. The first-order valence-electron chi connectivity index (χ1n) is 8.42. The van der Waals surface area contributed by atoms with Crippen LogP contribution in [-0.2, 0) is 16.1 Å². The molecule has 3 rings (SSSR count). The van der Waals surface area contributed by atoms with Gasteiger partial charge in [-0.05, 0) is 44.2 Å². The van der Waals surface area contributed by atoms with Crippen LogP contribution in [0.3, 0.4) is 0 Å². The van der Waals surface area contributed by atoms with E-state index in [2.05, 4.69) is 11.8 Å².